The number of rotatable bonds is 2. The van der Waals surface area contributed by atoms with Gasteiger partial charge in [-0.05, 0) is 24.3 Å². The maximum atomic E-state index is 11.8. The first-order chi connectivity index (χ1) is 8.08. The summed E-state index contributed by atoms with van der Waals surface area (Å²) in [7, 11) is 1.70. The Kier molecular flexibility index (Phi) is 3.01. The molecule has 17 heavy (non-hydrogen) atoms. The molecule has 2 aromatic rings. The van der Waals surface area contributed by atoms with E-state index in [0.717, 1.165) is 0 Å². The van der Waals surface area contributed by atoms with E-state index in [0.29, 0.717) is 22.1 Å². The number of nitrogens with one attached hydrogen (secondary N) is 1. The second kappa shape index (κ2) is 4.47. The van der Waals surface area contributed by atoms with Crippen LogP contribution in [0.25, 0.3) is 0 Å². The molecule has 0 saturated heterocycles. The molecule has 0 unspecified atom stereocenters. The summed E-state index contributed by atoms with van der Waals surface area (Å²) in [6.07, 6.45) is 1.56. The van der Waals surface area contributed by atoms with Crippen LogP contribution in [0, 0.1) is 0 Å². The van der Waals surface area contributed by atoms with Crippen LogP contribution in [-0.4, -0.2) is 15.7 Å². The van der Waals surface area contributed by atoms with Gasteiger partial charge in [-0.1, -0.05) is 11.6 Å². The molecule has 0 aliphatic carbocycles. The second-order valence-electron chi connectivity index (χ2n) is 3.53. The number of hydrogen-bond acceptors (Lipinski definition) is 3. The number of carbonyl (C=O) groups excluding carboxylic acids is 1. The summed E-state index contributed by atoms with van der Waals surface area (Å²) in [5.74, 6) is -0.245. The zero-order valence-electron chi connectivity index (χ0n) is 9.14. The molecule has 6 heteroatoms. The number of anilines is 2. The molecule has 1 aromatic carbocycles. The number of hydrogen-bond donors (Lipinski definition) is 2. The van der Waals surface area contributed by atoms with Crippen molar-refractivity contribution in [3.63, 3.8) is 0 Å². The lowest BCUT2D eigenvalue weighted by molar-refractivity contribution is 0.101. The van der Waals surface area contributed by atoms with Gasteiger partial charge in [0.25, 0.3) is 5.91 Å². The number of nitrogens with two attached hydrogens (primary N) is 1. The third-order valence-electron chi connectivity index (χ3n) is 2.31. The van der Waals surface area contributed by atoms with Crippen molar-refractivity contribution in [3.05, 3.63) is 41.2 Å². The van der Waals surface area contributed by atoms with E-state index in [1.807, 2.05) is 0 Å². The molecule has 0 aliphatic heterocycles. The van der Waals surface area contributed by atoms with Gasteiger partial charge in [0.1, 0.15) is 5.69 Å². The molecule has 5 nitrogen and oxygen atoms in total. The normalized spacial score (nSPS) is 10.2. The zero-order valence-corrected chi connectivity index (χ0v) is 9.90. The van der Waals surface area contributed by atoms with Crippen LogP contribution in [0.5, 0.6) is 0 Å². The van der Waals surface area contributed by atoms with Crippen LogP contribution in [0.3, 0.4) is 0 Å². The van der Waals surface area contributed by atoms with Crippen molar-refractivity contribution < 1.29 is 4.79 Å². The first-order valence-corrected chi connectivity index (χ1v) is 5.30. The Morgan fingerprint density at radius 2 is 2.24 bits per heavy atom. The van der Waals surface area contributed by atoms with E-state index in [4.69, 9.17) is 17.3 Å². The average molecular weight is 251 g/mol. The molecule has 0 spiro atoms. The predicted octanol–water partition coefficient (Wildman–Crippen LogP) is 1.91. The molecule has 0 atom stereocenters. The first kappa shape index (κ1) is 11.5. The monoisotopic (exact) mass is 250 g/mol. The fourth-order valence-corrected chi connectivity index (χ4v) is 1.58. The molecule has 1 aromatic heterocycles. The van der Waals surface area contributed by atoms with E-state index >= 15 is 0 Å². The lowest BCUT2D eigenvalue weighted by atomic mass is 10.2. The van der Waals surface area contributed by atoms with E-state index in [1.54, 1.807) is 37.5 Å². The van der Waals surface area contributed by atoms with Crippen LogP contribution in [0.4, 0.5) is 11.4 Å². The van der Waals surface area contributed by atoms with Crippen molar-refractivity contribution in [2.24, 2.45) is 7.05 Å². The van der Waals surface area contributed by atoms with Crippen LogP contribution < -0.4 is 11.1 Å². The number of aromatic nitrogens is 2. The summed E-state index contributed by atoms with van der Waals surface area (Å²) in [5, 5.41) is 7.04. The number of nitrogens with zero attached hydrogens (tertiary/aromatic N) is 2. The van der Waals surface area contributed by atoms with E-state index in [2.05, 4.69) is 10.4 Å². The van der Waals surface area contributed by atoms with Crippen molar-refractivity contribution in [2.45, 2.75) is 0 Å². The molecule has 1 amide bonds. The molecule has 1 heterocycles. The second-order valence-corrected chi connectivity index (χ2v) is 3.94. The molecule has 0 bridgehead atoms. The van der Waals surface area contributed by atoms with Crippen molar-refractivity contribution in [2.75, 3.05) is 11.1 Å². The van der Waals surface area contributed by atoms with Gasteiger partial charge >= 0.3 is 0 Å². The molecule has 0 fully saturated rings. The largest absolute Gasteiger partial charge is 0.398 e. The molecule has 2 rings (SSSR count). The molecular formula is C11H11ClN4O. The minimum atomic E-state index is -0.245. The van der Waals surface area contributed by atoms with E-state index in [9.17, 15) is 4.79 Å². The van der Waals surface area contributed by atoms with Gasteiger partial charge in [-0.15, -0.1) is 0 Å². The molecule has 0 aliphatic rings. The van der Waals surface area contributed by atoms with Crippen molar-refractivity contribution in [3.8, 4) is 0 Å². The molecule has 3 N–H and O–H groups in total. The Labute approximate surface area is 103 Å². The predicted molar refractivity (Wildman–Crippen MR) is 67.0 cm³/mol. The molecule has 0 saturated carbocycles. The smallest absolute Gasteiger partial charge is 0.273 e. The van der Waals surface area contributed by atoms with Gasteiger partial charge in [0.2, 0.25) is 0 Å². The highest BCUT2D eigenvalue weighted by Gasteiger charge is 2.10. The van der Waals surface area contributed by atoms with Crippen LogP contribution >= 0.6 is 11.6 Å². The third-order valence-corrected chi connectivity index (χ3v) is 2.64. The number of benzene rings is 1. The van der Waals surface area contributed by atoms with Gasteiger partial charge in [0.15, 0.2) is 0 Å². The summed E-state index contributed by atoms with van der Waals surface area (Å²) in [6.45, 7) is 0. The fraction of sp³-hybridized carbons (Fsp3) is 0.0909. The van der Waals surface area contributed by atoms with Gasteiger partial charge in [-0.3, -0.25) is 9.48 Å². The minimum absolute atomic E-state index is 0.245. The highest BCUT2D eigenvalue weighted by atomic mass is 35.5. The summed E-state index contributed by atoms with van der Waals surface area (Å²) >= 11 is 5.86. The van der Waals surface area contributed by atoms with Crippen molar-refractivity contribution >= 4 is 28.9 Å². The zero-order chi connectivity index (χ0) is 12.4. The lowest BCUT2D eigenvalue weighted by Crippen LogP contribution is -2.16. The van der Waals surface area contributed by atoms with Gasteiger partial charge in [0, 0.05) is 18.9 Å². The van der Waals surface area contributed by atoms with Gasteiger partial charge in [0.05, 0.1) is 10.7 Å². The van der Waals surface area contributed by atoms with Crippen LogP contribution in [0.15, 0.2) is 30.5 Å². The molecule has 88 valence electrons. The average Bonchev–Trinajstić information content (AvgIpc) is 2.70. The van der Waals surface area contributed by atoms with E-state index in [-0.39, 0.29) is 5.91 Å². The quantitative estimate of drug-likeness (QED) is 0.800. The van der Waals surface area contributed by atoms with Crippen LogP contribution in [0.1, 0.15) is 10.5 Å². The standard InChI is InChI=1S/C11H11ClN4O/c1-16-10(4-5-14-16)11(17)15-7-2-3-9(13)8(12)6-7/h2-6H,13H2,1H3,(H,15,17). The van der Waals surface area contributed by atoms with E-state index < -0.39 is 0 Å². The highest BCUT2D eigenvalue weighted by molar-refractivity contribution is 6.33. The lowest BCUT2D eigenvalue weighted by Gasteiger charge is -2.06. The maximum absolute atomic E-state index is 11.8. The number of halogens is 1. The summed E-state index contributed by atoms with van der Waals surface area (Å²) in [5.41, 5.74) is 7.12. The van der Waals surface area contributed by atoms with Crippen LogP contribution in [-0.2, 0) is 7.05 Å². The van der Waals surface area contributed by atoms with Gasteiger partial charge < -0.3 is 11.1 Å². The number of carbonyl (C=O) groups is 1. The molecular weight excluding hydrogens is 240 g/mol. The Hall–Kier alpha value is -2.01. The Morgan fingerprint density at radius 1 is 1.47 bits per heavy atom. The maximum Gasteiger partial charge on any atom is 0.273 e. The molecule has 0 radical (unpaired) electrons. The van der Waals surface area contributed by atoms with Gasteiger partial charge in [-0.2, -0.15) is 5.10 Å². The first-order valence-electron chi connectivity index (χ1n) is 4.92. The van der Waals surface area contributed by atoms with Crippen molar-refractivity contribution in [1.29, 1.82) is 0 Å². The summed E-state index contributed by atoms with van der Waals surface area (Å²) < 4.78 is 1.49. The topological polar surface area (TPSA) is 72.9 Å². The number of amides is 1. The SMILES string of the molecule is Cn1nccc1C(=O)Nc1ccc(N)c(Cl)c1. The summed E-state index contributed by atoms with van der Waals surface area (Å²) in [4.78, 5) is 11.8. The number of nitrogen functional groups attached to an aromatic ring is 1. The fourth-order valence-electron chi connectivity index (χ4n) is 1.40. The highest BCUT2D eigenvalue weighted by Crippen LogP contribution is 2.22. The van der Waals surface area contributed by atoms with Crippen LogP contribution in [0.2, 0.25) is 5.02 Å². The van der Waals surface area contributed by atoms with Gasteiger partial charge in [-0.25, -0.2) is 0 Å². The Bertz CT molecular complexity index is 564. The van der Waals surface area contributed by atoms with E-state index in [1.165, 1.54) is 4.68 Å². The summed E-state index contributed by atoms with van der Waals surface area (Å²) in [6, 6.07) is 6.57. The Morgan fingerprint density at radius 3 is 2.82 bits per heavy atom. The Balaban J connectivity index is 2.19. The van der Waals surface area contributed by atoms with Crippen molar-refractivity contribution in [1.82, 2.24) is 9.78 Å². The number of aryl methyl sites for hydroxylation is 1. The third kappa shape index (κ3) is 2.39. The minimum Gasteiger partial charge on any atom is -0.398 e.